The third-order valence-electron chi connectivity index (χ3n) is 3.96. The number of anilines is 1. The number of rotatable bonds is 5. The van der Waals surface area contributed by atoms with Crippen LogP contribution in [0.5, 0.6) is 0 Å². The molecule has 0 fully saturated rings. The zero-order chi connectivity index (χ0) is 19.8. The van der Waals surface area contributed by atoms with Crippen LogP contribution in [0.1, 0.15) is 11.1 Å². The summed E-state index contributed by atoms with van der Waals surface area (Å²) >= 11 is 1.33. The summed E-state index contributed by atoms with van der Waals surface area (Å²) in [5.41, 5.74) is 2.93. The van der Waals surface area contributed by atoms with Crippen molar-refractivity contribution in [1.29, 1.82) is 0 Å². The number of thiazole rings is 1. The van der Waals surface area contributed by atoms with Gasteiger partial charge in [0, 0.05) is 7.05 Å². The number of carbonyl (C=O) groups is 1. The van der Waals surface area contributed by atoms with Crippen molar-refractivity contribution in [3.05, 3.63) is 53.3 Å². The number of aromatic nitrogens is 1. The normalized spacial score (nSPS) is 11.9. The Kier molecular flexibility index (Phi) is 5.27. The van der Waals surface area contributed by atoms with E-state index in [9.17, 15) is 17.6 Å². The van der Waals surface area contributed by atoms with Crippen LogP contribution in [-0.2, 0) is 14.8 Å². The van der Waals surface area contributed by atoms with Crippen LogP contribution in [0, 0.1) is 19.7 Å². The number of hydrogen-bond acceptors (Lipinski definition) is 5. The highest BCUT2D eigenvalue weighted by Crippen LogP contribution is 2.29. The molecular weight excluding hydrogens is 389 g/mol. The Morgan fingerprint density at radius 2 is 1.89 bits per heavy atom. The molecule has 1 N–H and O–H groups in total. The molecule has 1 aromatic heterocycles. The number of aryl methyl sites for hydroxylation is 2. The minimum atomic E-state index is -3.89. The molecule has 2 aromatic carbocycles. The first kappa shape index (κ1) is 19.4. The van der Waals surface area contributed by atoms with Crippen molar-refractivity contribution in [2.24, 2.45) is 0 Å². The number of likely N-dealkylation sites (N-methyl/N-ethyl adjacent to an activating group) is 1. The second-order valence-electron chi connectivity index (χ2n) is 6.21. The molecular formula is C18H18FN3O3S2. The van der Waals surface area contributed by atoms with Crippen molar-refractivity contribution < 1.29 is 17.6 Å². The van der Waals surface area contributed by atoms with Crippen LogP contribution in [0.4, 0.5) is 9.52 Å². The number of fused-ring (bicyclic) bond motifs is 1. The van der Waals surface area contributed by atoms with Crippen molar-refractivity contribution in [2.75, 3.05) is 18.9 Å². The lowest BCUT2D eigenvalue weighted by Crippen LogP contribution is -2.34. The zero-order valence-electron chi connectivity index (χ0n) is 15.0. The monoisotopic (exact) mass is 407 g/mol. The van der Waals surface area contributed by atoms with Gasteiger partial charge < -0.3 is 5.32 Å². The highest BCUT2D eigenvalue weighted by atomic mass is 32.2. The molecule has 27 heavy (non-hydrogen) atoms. The molecule has 0 bridgehead atoms. The van der Waals surface area contributed by atoms with Gasteiger partial charge in [0.05, 0.1) is 21.7 Å². The second-order valence-corrected chi connectivity index (χ2v) is 9.29. The van der Waals surface area contributed by atoms with E-state index in [4.69, 9.17) is 0 Å². The smallest absolute Gasteiger partial charge is 0.243 e. The minimum Gasteiger partial charge on any atom is -0.301 e. The van der Waals surface area contributed by atoms with Crippen LogP contribution >= 0.6 is 11.3 Å². The molecule has 3 rings (SSSR count). The predicted molar refractivity (Wildman–Crippen MR) is 104 cm³/mol. The van der Waals surface area contributed by atoms with Gasteiger partial charge in [-0.2, -0.15) is 4.31 Å². The van der Waals surface area contributed by atoms with Crippen molar-refractivity contribution in [3.63, 3.8) is 0 Å². The Morgan fingerprint density at radius 1 is 1.22 bits per heavy atom. The van der Waals surface area contributed by atoms with Gasteiger partial charge in [-0.05, 0) is 55.3 Å². The van der Waals surface area contributed by atoms with Crippen LogP contribution in [0.15, 0.2) is 41.3 Å². The largest absolute Gasteiger partial charge is 0.301 e. The fourth-order valence-electron chi connectivity index (χ4n) is 2.66. The summed E-state index contributed by atoms with van der Waals surface area (Å²) in [5, 5.41) is 3.06. The van der Waals surface area contributed by atoms with Crippen LogP contribution < -0.4 is 5.32 Å². The number of amides is 1. The van der Waals surface area contributed by atoms with Crippen molar-refractivity contribution in [3.8, 4) is 0 Å². The molecule has 3 aromatic rings. The average Bonchev–Trinajstić information content (AvgIpc) is 2.97. The summed E-state index contributed by atoms with van der Waals surface area (Å²) in [5.74, 6) is -1.03. The van der Waals surface area contributed by atoms with Gasteiger partial charge in [0.15, 0.2) is 5.13 Å². The Morgan fingerprint density at radius 3 is 2.56 bits per heavy atom. The maximum Gasteiger partial charge on any atom is 0.243 e. The SMILES string of the molecule is Cc1cc(C)c2nc(NC(=O)CN(C)S(=O)(=O)c3ccc(F)cc3)sc2c1. The van der Waals surface area contributed by atoms with Gasteiger partial charge in [0.25, 0.3) is 0 Å². The minimum absolute atomic E-state index is 0.0784. The van der Waals surface area contributed by atoms with Gasteiger partial charge in [-0.15, -0.1) is 0 Å². The van der Waals surface area contributed by atoms with E-state index >= 15 is 0 Å². The topological polar surface area (TPSA) is 79.4 Å². The molecule has 0 saturated heterocycles. The summed E-state index contributed by atoms with van der Waals surface area (Å²) in [6, 6.07) is 8.45. The number of sulfonamides is 1. The number of carbonyl (C=O) groups excluding carboxylic acids is 1. The molecule has 1 amide bonds. The van der Waals surface area contributed by atoms with E-state index in [1.54, 1.807) is 0 Å². The number of halogens is 1. The van der Waals surface area contributed by atoms with E-state index in [0.29, 0.717) is 5.13 Å². The van der Waals surface area contributed by atoms with E-state index in [-0.39, 0.29) is 11.4 Å². The molecule has 1 heterocycles. The fraction of sp³-hybridized carbons (Fsp3) is 0.222. The first-order valence-electron chi connectivity index (χ1n) is 8.06. The molecule has 0 aliphatic heterocycles. The molecule has 6 nitrogen and oxygen atoms in total. The molecule has 0 radical (unpaired) electrons. The maximum atomic E-state index is 13.0. The highest BCUT2D eigenvalue weighted by molar-refractivity contribution is 7.89. The quantitative estimate of drug-likeness (QED) is 0.704. The lowest BCUT2D eigenvalue weighted by atomic mass is 10.1. The number of nitrogens with zero attached hydrogens (tertiary/aromatic N) is 2. The summed E-state index contributed by atoms with van der Waals surface area (Å²) in [4.78, 5) is 16.6. The van der Waals surface area contributed by atoms with Crippen LogP contribution in [0.2, 0.25) is 0 Å². The standard InChI is InChI=1S/C18H18FN3O3S2/c1-11-8-12(2)17-15(9-11)26-18(21-17)20-16(23)10-22(3)27(24,25)14-6-4-13(19)5-7-14/h4-9H,10H2,1-3H3,(H,20,21,23). The van der Waals surface area contributed by atoms with E-state index in [2.05, 4.69) is 10.3 Å². The van der Waals surface area contributed by atoms with Crippen LogP contribution in [-0.4, -0.2) is 37.2 Å². The highest BCUT2D eigenvalue weighted by Gasteiger charge is 2.23. The third-order valence-corrected chi connectivity index (χ3v) is 6.70. The van der Waals surface area contributed by atoms with Crippen LogP contribution in [0.25, 0.3) is 10.2 Å². The van der Waals surface area contributed by atoms with E-state index in [0.717, 1.165) is 49.9 Å². The third kappa shape index (κ3) is 4.15. The van der Waals surface area contributed by atoms with Gasteiger partial charge in [-0.3, -0.25) is 4.79 Å². The summed E-state index contributed by atoms with van der Waals surface area (Å²) in [7, 11) is -2.60. The molecule has 0 saturated carbocycles. The summed E-state index contributed by atoms with van der Waals surface area (Å²) in [6.07, 6.45) is 0. The summed E-state index contributed by atoms with van der Waals surface area (Å²) < 4.78 is 39.8. The second kappa shape index (κ2) is 7.34. The molecule has 0 atom stereocenters. The van der Waals surface area contributed by atoms with Gasteiger partial charge in [0.2, 0.25) is 15.9 Å². The van der Waals surface area contributed by atoms with Crippen molar-refractivity contribution >= 4 is 42.6 Å². The Balaban J connectivity index is 1.73. The van der Waals surface area contributed by atoms with Gasteiger partial charge in [-0.25, -0.2) is 17.8 Å². The first-order valence-corrected chi connectivity index (χ1v) is 10.3. The van der Waals surface area contributed by atoms with Gasteiger partial charge in [0.1, 0.15) is 5.82 Å². The average molecular weight is 407 g/mol. The number of nitrogens with one attached hydrogen (secondary N) is 1. The number of benzene rings is 2. The Bertz CT molecular complexity index is 1110. The zero-order valence-corrected chi connectivity index (χ0v) is 16.6. The lowest BCUT2D eigenvalue weighted by Gasteiger charge is -2.16. The predicted octanol–water partition coefficient (Wildman–Crippen LogP) is 3.31. The Hall–Kier alpha value is -2.36. The lowest BCUT2D eigenvalue weighted by molar-refractivity contribution is -0.116. The van der Waals surface area contributed by atoms with Gasteiger partial charge in [-0.1, -0.05) is 17.4 Å². The van der Waals surface area contributed by atoms with E-state index in [1.165, 1.54) is 18.4 Å². The maximum absolute atomic E-state index is 13.0. The van der Waals surface area contributed by atoms with Crippen molar-refractivity contribution in [1.82, 2.24) is 9.29 Å². The molecule has 142 valence electrons. The molecule has 0 spiro atoms. The van der Waals surface area contributed by atoms with Crippen LogP contribution in [0.3, 0.4) is 0 Å². The number of hydrogen-bond donors (Lipinski definition) is 1. The first-order chi connectivity index (χ1) is 12.7. The van der Waals surface area contributed by atoms with Gasteiger partial charge >= 0.3 is 0 Å². The molecule has 0 unspecified atom stereocenters. The molecule has 0 aliphatic rings. The summed E-state index contributed by atoms with van der Waals surface area (Å²) in [6.45, 7) is 3.55. The Labute approximate surface area is 160 Å². The van der Waals surface area contributed by atoms with Crippen molar-refractivity contribution in [2.45, 2.75) is 18.7 Å². The van der Waals surface area contributed by atoms with E-state index in [1.807, 2.05) is 26.0 Å². The molecule has 9 heteroatoms. The molecule has 0 aliphatic carbocycles. The fourth-order valence-corrected chi connectivity index (χ4v) is 4.84. The van der Waals surface area contributed by atoms with E-state index < -0.39 is 21.7 Å².